The van der Waals surface area contributed by atoms with Gasteiger partial charge in [-0.1, -0.05) is 62.0 Å². The number of amides is 3. The van der Waals surface area contributed by atoms with Crippen LogP contribution in [0.2, 0.25) is 10.0 Å². The van der Waals surface area contributed by atoms with Gasteiger partial charge in [-0.2, -0.15) is 0 Å². The molecule has 2 bridgehead atoms. The highest BCUT2D eigenvalue weighted by molar-refractivity contribution is 6.35. The van der Waals surface area contributed by atoms with Crippen molar-refractivity contribution in [3.05, 3.63) is 40.4 Å². The van der Waals surface area contributed by atoms with Crippen molar-refractivity contribution < 1.29 is 23.9 Å². The molecule has 2 N–H and O–H groups in total. The number of carbonyl (C=O) groups excluding carboxylic acids is 3. The first-order valence-electron chi connectivity index (χ1n) is 15.2. The number of anilines is 1. The van der Waals surface area contributed by atoms with E-state index in [1.807, 2.05) is 12.2 Å². The molecule has 11 heteroatoms. The molecule has 4 fully saturated rings. The zero-order chi connectivity index (χ0) is 29.6. The van der Waals surface area contributed by atoms with E-state index in [9.17, 15) is 14.4 Å². The molecule has 1 aromatic carbocycles. The van der Waals surface area contributed by atoms with Gasteiger partial charge in [-0.15, -0.1) is 0 Å². The van der Waals surface area contributed by atoms with Gasteiger partial charge < -0.3 is 25.0 Å². The number of nitrogens with one attached hydrogen (secondary N) is 2. The average molecular weight is 620 g/mol. The second-order valence-electron chi connectivity index (χ2n) is 12.6. The number of hydrogen-bond acceptors (Lipinski definition) is 6. The highest BCUT2D eigenvalue weighted by Crippen LogP contribution is 2.55. The minimum absolute atomic E-state index is 0.0382. The molecule has 6 rings (SSSR count). The van der Waals surface area contributed by atoms with Crippen LogP contribution in [-0.2, 0) is 23.9 Å². The van der Waals surface area contributed by atoms with E-state index in [1.165, 1.54) is 0 Å². The molecule has 9 nitrogen and oxygen atoms in total. The third-order valence-corrected chi connectivity index (χ3v) is 10.5. The molecule has 1 aromatic rings. The number of nitrogens with zero attached hydrogens (tertiary/aromatic N) is 2. The van der Waals surface area contributed by atoms with E-state index in [4.69, 9.17) is 32.7 Å². The van der Waals surface area contributed by atoms with E-state index in [2.05, 4.69) is 29.4 Å². The van der Waals surface area contributed by atoms with Crippen LogP contribution in [0.3, 0.4) is 0 Å². The minimum atomic E-state index is -1.19. The Kier molecular flexibility index (Phi) is 8.59. The molecule has 8 atom stereocenters. The van der Waals surface area contributed by atoms with E-state index in [0.717, 1.165) is 38.9 Å². The monoisotopic (exact) mass is 618 g/mol. The normalized spacial score (nSPS) is 35.9. The molecule has 1 saturated carbocycles. The first kappa shape index (κ1) is 29.9. The standard InChI is InChI=1S/C31H40Cl2N4O5/c1-18-5-3-6-23(19(18)2)35-29(39)27-31-8-7-24(42-31)25(28(38)34-22-16-20(32)15-21(33)17-22)26(31)30(40)37(27)10-4-9-36-11-13-41-14-12-36/h7-8,15-19,23-27H,3-6,9-14H2,1-2H3,(H,34,38)(H,35,39)/t18-,19+,23+,24+,25+,26+,27+,31+/m1/s1. The molecule has 0 radical (unpaired) electrons. The number of morpholine rings is 1. The van der Waals surface area contributed by atoms with Gasteiger partial charge in [0.05, 0.1) is 31.2 Å². The van der Waals surface area contributed by atoms with Crippen LogP contribution in [0, 0.1) is 23.7 Å². The summed E-state index contributed by atoms with van der Waals surface area (Å²) in [6, 6.07) is 4.01. The molecule has 1 aliphatic carbocycles. The second-order valence-corrected chi connectivity index (χ2v) is 13.4. The van der Waals surface area contributed by atoms with Crippen molar-refractivity contribution >= 4 is 46.6 Å². The molecule has 0 aromatic heterocycles. The first-order valence-corrected chi connectivity index (χ1v) is 16.0. The van der Waals surface area contributed by atoms with E-state index in [0.29, 0.717) is 53.7 Å². The van der Waals surface area contributed by atoms with E-state index in [-0.39, 0.29) is 23.8 Å². The Bertz CT molecular complexity index is 1240. The number of ether oxygens (including phenoxy) is 2. The topological polar surface area (TPSA) is 100 Å². The van der Waals surface area contributed by atoms with Crippen molar-refractivity contribution in [2.45, 2.75) is 63.3 Å². The Balaban J connectivity index is 1.25. The molecule has 3 saturated heterocycles. The van der Waals surface area contributed by atoms with Gasteiger partial charge in [0.2, 0.25) is 17.7 Å². The van der Waals surface area contributed by atoms with E-state index >= 15 is 0 Å². The zero-order valence-electron chi connectivity index (χ0n) is 24.2. The van der Waals surface area contributed by atoms with Crippen molar-refractivity contribution in [2.24, 2.45) is 23.7 Å². The molecular formula is C31H40Cl2N4O5. The van der Waals surface area contributed by atoms with Crippen LogP contribution in [0.25, 0.3) is 0 Å². The van der Waals surface area contributed by atoms with E-state index < -0.39 is 29.6 Å². The van der Waals surface area contributed by atoms with Crippen LogP contribution in [-0.4, -0.2) is 90.7 Å². The molecule has 4 heterocycles. The number of carbonyl (C=O) groups is 3. The number of halogens is 2. The van der Waals surface area contributed by atoms with Gasteiger partial charge in [-0.25, -0.2) is 0 Å². The third kappa shape index (κ3) is 5.47. The van der Waals surface area contributed by atoms with Crippen molar-refractivity contribution in [3.63, 3.8) is 0 Å². The van der Waals surface area contributed by atoms with Crippen LogP contribution in [0.1, 0.15) is 39.5 Å². The average Bonchev–Trinajstić information content (AvgIpc) is 3.59. The summed E-state index contributed by atoms with van der Waals surface area (Å²) in [4.78, 5) is 46.1. The third-order valence-electron chi connectivity index (χ3n) is 10.1. The molecule has 42 heavy (non-hydrogen) atoms. The lowest BCUT2D eigenvalue weighted by atomic mass is 9.73. The number of rotatable bonds is 8. The van der Waals surface area contributed by atoms with Gasteiger partial charge in [0.15, 0.2) is 0 Å². The summed E-state index contributed by atoms with van der Waals surface area (Å²) < 4.78 is 12.0. The molecule has 4 aliphatic heterocycles. The smallest absolute Gasteiger partial charge is 0.246 e. The molecule has 5 aliphatic rings. The number of benzene rings is 1. The lowest BCUT2D eigenvalue weighted by Gasteiger charge is -2.38. The number of hydrogen-bond donors (Lipinski definition) is 2. The Hall–Kier alpha value is -2.17. The summed E-state index contributed by atoms with van der Waals surface area (Å²) in [5, 5.41) is 6.99. The van der Waals surface area contributed by atoms with Crippen molar-refractivity contribution in [1.82, 2.24) is 15.1 Å². The fourth-order valence-electron chi connectivity index (χ4n) is 7.70. The minimum Gasteiger partial charge on any atom is -0.379 e. The largest absolute Gasteiger partial charge is 0.379 e. The predicted octanol–water partition coefficient (Wildman–Crippen LogP) is 3.75. The van der Waals surface area contributed by atoms with Crippen molar-refractivity contribution in [2.75, 3.05) is 44.7 Å². The first-order chi connectivity index (χ1) is 20.2. The summed E-state index contributed by atoms with van der Waals surface area (Å²) in [7, 11) is 0. The van der Waals surface area contributed by atoms with E-state index in [1.54, 1.807) is 23.1 Å². The molecule has 3 amide bonds. The number of fused-ring (bicyclic) bond motifs is 1. The molecule has 0 unspecified atom stereocenters. The summed E-state index contributed by atoms with van der Waals surface area (Å²) in [5.74, 6) is -1.50. The van der Waals surface area contributed by atoms with Gasteiger partial charge >= 0.3 is 0 Å². The van der Waals surface area contributed by atoms with Gasteiger partial charge in [0, 0.05) is 48.0 Å². The summed E-state index contributed by atoms with van der Waals surface area (Å²) in [6.07, 6.45) is 6.93. The van der Waals surface area contributed by atoms with Crippen LogP contribution >= 0.6 is 23.2 Å². The summed E-state index contributed by atoms with van der Waals surface area (Å²) >= 11 is 12.3. The highest BCUT2D eigenvalue weighted by atomic mass is 35.5. The molecular weight excluding hydrogens is 579 g/mol. The SMILES string of the molecule is C[C@H]1[C@H](C)CCC[C@@H]1NC(=O)[C@@H]1N(CCCN2CCOCC2)C(=O)[C@@H]2[C@@H](C(=O)Nc3cc(Cl)cc(Cl)c3)[C@@H]3C=C[C@]21O3. The molecule has 228 valence electrons. The van der Waals surface area contributed by atoms with Crippen LogP contribution in [0.4, 0.5) is 5.69 Å². The summed E-state index contributed by atoms with van der Waals surface area (Å²) in [6.45, 7) is 8.73. The van der Waals surface area contributed by atoms with Crippen LogP contribution in [0.5, 0.6) is 0 Å². The maximum Gasteiger partial charge on any atom is 0.246 e. The Morgan fingerprint density at radius 1 is 1.05 bits per heavy atom. The van der Waals surface area contributed by atoms with Gasteiger partial charge in [-0.3, -0.25) is 19.3 Å². The maximum absolute atomic E-state index is 14.2. The Morgan fingerprint density at radius 3 is 2.52 bits per heavy atom. The number of likely N-dealkylation sites (tertiary alicyclic amines) is 1. The van der Waals surface area contributed by atoms with Crippen molar-refractivity contribution in [3.8, 4) is 0 Å². The second kappa shape index (κ2) is 12.1. The fraction of sp³-hybridized carbons (Fsp3) is 0.645. The predicted molar refractivity (Wildman–Crippen MR) is 160 cm³/mol. The molecule has 1 spiro atoms. The highest BCUT2D eigenvalue weighted by Gasteiger charge is 2.72. The van der Waals surface area contributed by atoms with Gasteiger partial charge in [0.25, 0.3) is 0 Å². The maximum atomic E-state index is 14.2. The van der Waals surface area contributed by atoms with Gasteiger partial charge in [0.1, 0.15) is 11.6 Å². The summed E-state index contributed by atoms with van der Waals surface area (Å²) in [5.41, 5.74) is -0.747. The van der Waals surface area contributed by atoms with Crippen LogP contribution < -0.4 is 10.6 Å². The lowest BCUT2D eigenvalue weighted by Crippen LogP contribution is -2.58. The van der Waals surface area contributed by atoms with Crippen molar-refractivity contribution in [1.29, 1.82) is 0 Å². The fourth-order valence-corrected chi connectivity index (χ4v) is 8.22. The quantitative estimate of drug-likeness (QED) is 0.431. The van der Waals surface area contributed by atoms with Gasteiger partial charge in [-0.05, 0) is 42.9 Å². The Morgan fingerprint density at radius 2 is 1.79 bits per heavy atom. The lowest BCUT2D eigenvalue weighted by molar-refractivity contribution is -0.141. The van der Waals surface area contributed by atoms with Crippen LogP contribution in [0.15, 0.2) is 30.4 Å². The Labute approximate surface area is 257 Å². The zero-order valence-corrected chi connectivity index (χ0v) is 25.7.